The van der Waals surface area contributed by atoms with E-state index in [4.69, 9.17) is 17.3 Å². The molecule has 1 aliphatic heterocycles. The number of piperidine rings is 1. The first-order valence-corrected chi connectivity index (χ1v) is 11.0. The number of amides is 1. The smallest absolute Gasteiger partial charge is 0.293 e. The van der Waals surface area contributed by atoms with Crippen LogP contribution in [0.25, 0.3) is 0 Å². The van der Waals surface area contributed by atoms with Crippen LogP contribution in [0.5, 0.6) is 0 Å². The second-order valence-corrected chi connectivity index (χ2v) is 9.04. The van der Waals surface area contributed by atoms with Gasteiger partial charge in [-0.15, -0.1) is 0 Å². The maximum absolute atomic E-state index is 12.3. The first-order chi connectivity index (χ1) is 14.9. The highest BCUT2D eigenvalue weighted by Crippen LogP contribution is 2.36. The molecule has 0 unspecified atom stereocenters. The molecule has 0 saturated carbocycles. The summed E-state index contributed by atoms with van der Waals surface area (Å²) in [5, 5.41) is 3.88. The lowest BCUT2D eigenvalue weighted by Crippen LogP contribution is -2.48. The third kappa shape index (κ3) is 5.30. The highest BCUT2D eigenvalue weighted by molar-refractivity contribution is 7.99. The Morgan fingerprint density at radius 3 is 2.55 bits per heavy atom. The number of halogens is 1. The van der Waals surface area contributed by atoms with E-state index in [9.17, 15) is 4.79 Å². The summed E-state index contributed by atoms with van der Waals surface area (Å²) in [7, 11) is 0. The summed E-state index contributed by atoms with van der Waals surface area (Å²) in [6, 6.07) is 7.05. The van der Waals surface area contributed by atoms with Crippen LogP contribution in [0.4, 0.5) is 11.5 Å². The molecule has 2 aromatic heterocycles. The molecule has 0 radical (unpaired) electrons. The zero-order valence-electron chi connectivity index (χ0n) is 17.0. The van der Waals surface area contributed by atoms with E-state index in [2.05, 4.69) is 37.1 Å². The molecule has 1 aromatic carbocycles. The SMILES string of the molecule is CC1(N)CCN(c2cnc(Sc3cccc(NC(=O)c4ncccn4)c3Cl)cn2)CC1. The number of hydrogen-bond acceptors (Lipinski definition) is 8. The first-order valence-electron chi connectivity index (χ1n) is 9.82. The number of nitrogens with one attached hydrogen (secondary N) is 1. The predicted octanol–water partition coefficient (Wildman–Crippen LogP) is 3.64. The Morgan fingerprint density at radius 2 is 1.87 bits per heavy atom. The van der Waals surface area contributed by atoms with E-state index in [-0.39, 0.29) is 11.4 Å². The molecule has 3 heterocycles. The molecule has 1 aliphatic rings. The van der Waals surface area contributed by atoms with Crippen LogP contribution in [0.1, 0.15) is 30.4 Å². The third-order valence-corrected chi connectivity index (χ3v) is 6.54. The number of rotatable bonds is 5. The van der Waals surface area contributed by atoms with E-state index in [0.717, 1.165) is 36.6 Å². The fourth-order valence-corrected chi connectivity index (χ4v) is 4.24. The third-order valence-electron chi connectivity index (χ3n) is 5.04. The van der Waals surface area contributed by atoms with Gasteiger partial charge in [-0.2, -0.15) is 0 Å². The summed E-state index contributed by atoms with van der Waals surface area (Å²) in [4.78, 5) is 32.3. The fraction of sp³-hybridized carbons (Fsp3) is 0.286. The van der Waals surface area contributed by atoms with E-state index in [1.165, 1.54) is 24.2 Å². The Bertz CT molecular complexity index is 1050. The van der Waals surface area contributed by atoms with Crippen molar-refractivity contribution in [1.29, 1.82) is 0 Å². The number of anilines is 2. The van der Waals surface area contributed by atoms with Gasteiger partial charge < -0.3 is 16.0 Å². The van der Waals surface area contributed by atoms with Crippen molar-refractivity contribution in [1.82, 2.24) is 19.9 Å². The molecule has 8 nitrogen and oxygen atoms in total. The van der Waals surface area contributed by atoms with E-state index in [0.29, 0.717) is 15.7 Å². The van der Waals surface area contributed by atoms with Crippen molar-refractivity contribution >= 4 is 40.8 Å². The molecular formula is C21H22ClN7OS. The summed E-state index contributed by atoms with van der Waals surface area (Å²) in [6.45, 7) is 3.82. The van der Waals surface area contributed by atoms with Crippen LogP contribution in [-0.4, -0.2) is 44.5 Å². The molecule has 4 rings (SSSR count). The number of hydrogen-bond donors (Lipinski definition) is 2. The monoisotopic (exact) mass is 455 g/mol. The fourth-order valence-electron chi connectivity index (χ4n) is 3.17. The lowest BCUT2D eigenvalue weighted by molar-refractivity contribution is 0.101. The van der Waals surface area contributed by atoms with Gasteiger partial charge in [-0.05, 0) is 38.0 Å². The van der Waals surface area contributed by atoms with Crippen molar-refractivity contribution in [2.45, 2.75) is 35.2 Å². The molecule has 1 fully saturated rings. The van der Waals surface area contributed by atoms with Crippen molar-refractivity contribution in [3.8, 4) is 0 Å². The number of benzene rings is 1. The summed E-state index contributed by atoms with van der Waals surface area (Å²) in [5.41, 5.74) is 6.58. The average molecular weight is 456 g/mol. The van der Waals surface area contributed by atoms with Crippen LogP contribution >= 0.6 is 23.4 Å². The largest absolute Gasteiger partial charge is 0.355 e. The Morgan fingerprint density at radius 1 is 1.13 bits per heavy atom. The van der Waals surface area contributed by atoms with Gasteiger partial charge in [-0.1, -0.05) is 29.4 Å². The molecule has 1 saturated heterocycles. The van der Waals surface area contributed by atoms with Crippen molar-refractivity contribution < 1.29 is 4.79 Å². The summed E-state index contributed by atoms with van der Waals surface area (Å²) >= 11 is 7.91. The molecule has 0 atom stereocenters. The lowest BCUT2D eigenvalue weighted by Gasteiger charge is -2.37. The highest BCUT2D eigenvalue weighted by atomic mass is 35.5. The topological polar surface area (TPSA) is 110 Å². The van der Waals surface area contributed by atoms with Crippen molar-refractivity contribution in [2.75, 3.05) is 23.3 Å². The number of carbonyl (C=O) groups is 1. The second kappa shape index (κ2) is 9.17. The van der Waals surface area contributed by atoms with Crippen LogP contribution in [0.15, 0.2) is 59.0 Å². The van der Waals surface area contributed by atoms with Crippen molar-refractivity contribution in [3.63, 3.8) is 0 Å². The second-order valence-electron chi connectivity index (χ2n) is 7.60. The molecule has 1 amide bonds. The van der Waals surface area contributed by atoms with Gasteiger partial charge in [0.25, 0.3) is 5.91 Å². The number of carbonyl (C=O) groups excluding carboxylic acids is 1. The van der Waals surface area contributed by atoms with Gasteiger partial charge in [0.05, 0.1) is 23.1 Å². The molecule has 3 aromatic rings. The van der Waals surface area contributed by atoms with Crippen LogP contribution in [-0.2, 0) is 0 Å². The van der Waals surface area contributed by atoms with Gasteiger partial charge >= 0.3 is 0 Å². The molecule has 0 spiro atoms. The predicted molar refractivity (Wildman–Crippen MR) is 122 cm³/mol. The standard InChI is InChI=1S/C21H22ClN7OS/c1-21(23)6-10-29(11-7-21)16-12-27-17(13-26-16)31-15-5-2-4-14(18(15)22)28-20(30)19-24-8-3-9-25-19/h2-5,8-9,12-13H,6-7,10-11,23H2,1H3,(H,28,30). The van der Waals surface area contributed by atoms with Gasteiger partial charge in [0.15, 0.2) is 0 Å². The van der Waals surface area contributed by atoms with Gasteiger partial charge in [0, 0.05) is 35.9 Å². The molecular weight excluding hydrogens is 434 g/mol. The van der Waals surface area contributed by atoms with E-state index in [1.807, 2.05) is 12.1 Å². The van der Waals surface area contributed by atoms with Gasteiger partial charge in [-0.25, -0.2) is 19.9 Å². The van der Waals surface area contributed by atoms with Crippen molar-refractivity contribution in [3.05, 3.63) is 59.9 Å². The highest BCUT2D eigenvalue weighted by Gasteiger charge is 2.26. The van der Waals surface area contributed by atoms with E-state index >= 15 is 0 Å². The van der Waals surface area contributed by atoms with E-state index < -0.39 is 5.91 Å². The average Bonchev–Trinajstić information content (AvgIpc) is 2.78. The Hall–Kier alpha value is -2.75. The summed E-state index contributed by atoms with van der Waals surface area (Å²) in [6.07, 6.45) is 8.37. The maximum atomic E-state index is 12.3. The summed E-state index contributed by atoms with van der Waals surface area (Å²) < 4.78 is 0. The molecule has 10 heteroatoms. The van der Waals surface area contributed by atoms with Gasteiger partial charge in [-0.3, -0.25) is 4.79 Å². The quantitative estimate of drug-likeness (QED) is 0.600. The molecule has 31 heavy (non-hydrogen) atoms. The van der Waals surface area contributed by atoms with Crippen LogP contribution < -0.4 is 16.0 Å². The molecule has 3 N–H and O–H groups in total. The van der Waals surface area contributed by atoms with Crippen LogP contribution in [0.3, 0.4) is 0 Å². The number of nitrogens with zero attached hydrogens (tertiary/aromatic N) is 5. The molecule has 0 aliphatic carbocycles. The Balaban J connectivity index is 1.44. The zero-order chi connectivity index (χ0) is 21.8. The number of nitrogens with two attached hydrogens (primary N) is 1. The molecule has 0 bridgehead atoms. The Labute approximate surface area is 189 Å². The lowest BCUT2D eigenvalue weighted by atomic mass is 9.91. The minimum atomic E-state index is -0.427. The summed E-state index contributed by atoms with van der Waals surface area (Å²) in [5.74, 6) is 0.490. The Kier molecular flexibility index (Phi) is 6.35. The van der Waals surface area contributed by atoms with E-state index in [1.54, 1.807) is 24.5 Å². The minimum absolute atomic E-state index is 0.0748. The van der Waals surface area contributed by atoms with Crippen molar-refractivity contribution in [2.24, 2.45) is 5.73 Å². The van der Waals surface area contributed by atoms with Gasteiger partial charge in [0.1, 0.15) is 10.8 Å². The number of aromatic nitrogens is 4. The van der Waals surface area contributed by atoms with Crippen LogP contribution in [0.2, 0.25) is 5.02 Å². The van der Waals surface area contributed by atoms with Gasteiger partial charge in [0.2, 0.25) is 5.82 Å². The first kappa shape index (κ1) is 21.5. The molecule has 160 valence electrons. The normalized spacial score (nSPS) is 15.5. The minimum Gasteiger partial charge on any atom is -0.355 e. The zero-order valence-corrected chi connectivity index (χ0v) is 18.5. The maximum Gasteiger partial charge on any atom is 0.293 e. The van der Waals surface area contributed by atoms with Crippen LogP contribution in [0, 0.1) is 0 Å².